The van der Waals surface area contributed by atoms with E-state index in [0.29, 0.717) is 24.9 Å². The van der Waals surface area contributed by atoms with Gasteiger partial charge < -0.3 is 14.9 Å². The van der Waals surface area contributed by atoms with Crippen LogP contribution >= 0.6 is 0 Å². The minimum absolute atomic E-state index is 0.289. The van der Waals surface area contributed by atoms with E-state index in [1.807, 2.05) is 42.3 Å². The van der Waals surface area contributed by atoms with Crippen molar-refractivity contribution in [3.63, 3.8) is 0 Å². The van der Waals surface area contributed by atoms with Crippen molar-refractivity contribution in [3.05, 3.63) is 42.1 Å². The first-order valence-electron chi connectivity index (χ1n) is 8.99. The Morgan fingerprint density at radius 1 is 1.33 bits per heavy atom. The normalized spacial score (nSPS) is 17.1. The standard InChI is InChI=1S/C18H22N8O/c1-25(11-13-4-2-5-14(10-13)17-21-23-24-22-17)18-19-8-7-16(20-18)26-9-3-6-15(27)12-26/h2,4-5,7-8,10,15,27H,3,6,9,11-12H2,1H3,(H,21,22,23,24). The number of aliphatic hydroxyl groups is 1. The predicted octanol–water partition coefficient (Wildman–Crippen LogP) is 1.25. The molecular weight excluding hydrogens is 344 g/mol. The summed E-state index contributed by atoms with van der Waals surface area (Å²) in [5, 5.41) is 24.0. The van der Waals surface area contributed by atoms with Crippen LogP contribution in [0.3, 0.4) is 0 Å². The molecule has 1 atom stereocenters. The van der Waals surface area contributed by atoms with E-state index in [4.69, 9.17) is 0 Å². The van der Waals surface area contributed by atoms with Crippen LogP contribution in [0.4, 0.5) is 11.8 Å². The van der Waals surface area contributed by atoms with E-state index >= 15 is 0 Å². The van der Waals surface area contributed by atoms with Crippen molar-refractivity contribution in [2.75, 3.05) is 29.9 Å². The molecule has 140 valence electrons. The van der Waals surface area contributed by atoms with E-state index in [0.717, 1.165) is 36.3 Å². The van der Waals surface area contributed by atoms with Gasteiger partial charge in [0.2, 0.25) is 11.8 Å². The van der Waals surface area contributed by atoms with Gasteiger partial charge in [-0.15, -0.1) is 10.2 Å². The molecule has 1 unspecified atom stereocenters. The zero-order valence-corrected chi connectivity index (χ0v) is 15.2. The van der Waals surface area contributed by atoms with E-state index in [1.54, 1.807) is 6.20 Å². The first kappa shape index (κ1) is 17.3. The summed E-state index contributed by atoms with van der Waals surface area (Å²) >= 11 is 0. The molecule has 1 aromatic carbocycles. The van der Waals surface area contributed by atoms with Crippen molar-refractivity contribution in [1.29, 1.82) is 0 Å². The van der Waals surface area contributed by atoms with Crippen LogP contribution < -0.4 is 9.80 Å². The van der Waals surface area contributed by atoms with Gasteiger partial charge in [-0.25, -0.2) is 4.98 Å². The lowest BCUT2D eigenvalue weighted by molar-refractivity contribution is 0.154. The Morgan fingerprint density at radius 3 is 3.07 bits per heavy atom. The van der Waals surface area contributed by atoms with Gasteiger partial charge in [-0.05, 0) is 35.8 Å². The van der Waals surface area contributed by atoms with Crippen LogP contribution in [0, 0.1) is 0 Å². The highest BCUT2D eigenvalue weighted by atomic mass is 16.3. The predicted molar refractivity (Wildman–Crippen MR) is 101 cm³/mol. The van der Waals surface area contributed by atoms with Gasteiger partial charge in [0.05, 0.1) is 6.10 Å². The minimum Gasteiger partial charge on any atom is -0.391 e. The van der Waals surface area contributed by atoms with E-state index < -0.39 is 0 Å². The molecule has 3 heterocycles. The Labute approximate surface area is 157 Å². The smallest absolute Gasteiger partial charge is 0.227 e. The molecule has 2 aromatic heterocycles. The third kappa shape index (κ3) is 4.03. The van der Waals surface area contributed by atoms with Gasteiger partial charge in [-0.2, -0.15) is 10.2 Å². The quantitative estimate of drug-likeness (QED) is 0.695. The molecule has 0 amide bonds. The second kappa shape index (κ2) is 7.67. The Balaban J connectivity index is 1.49. The zero-order chi connectivity index (χ0) is 18.6. The van der Waals surface area contributed by atoms with E-state index in [1.165, 1.54) is 0 Å². The fraction of sp³-hybridized carbons (Fsp3) is 0.389. The lowest BCUT2D eigenvalue weighted by Crippen LogP contribution is -2.38. The van der Waals surface area contributed by atoms with Crippen LogP contribution in [0.15, 0.2) is 36.5 Å². The molecule has 0 radical (unpaired) electrons. The topological polar surface area (TPSA) is 107 Å². The maximum absolute atomic E-state index is 9.91. The summed E-state index contributed by atoms with van der Waals surface area (Å²) in [6.45, 7) is 2.18. The molecule has 27 heavy (non-hydrogen) atoms. The van der Waals surface area contributed by atoms with E-state index in [2.05, 4.69) is 35.5 Å². The van der Waals surface area contributed by atoms with Crippen LogP contribution in [-0.4, -0.2) is 61.9 Å². The number of nitrogens with zero attached hydrogens (tertiary/aromatic N) is 7. The summed E-state index contributed by atoms with van der Waals surface area (Å²) in [7, 11) is 1.96. The molecule has 3 aromatic rings. The van der Waals surface area contributed by atoms with Crippen LogP contribution in [-0.2, 0) is 6.54 Å². The molecule has 1 fully saturated rings. The SMILES string of the molecule is CN(Cc1cccc(-c2nn[nH]n2)c1)c1nccc(N2CCCC(O)C2)n1. The minimum atomic E-state index is -0.289. The fourth-order valence-electron chi connectivity index (χ4n) is 3.30. The first-order valence-corrected chi connectivity index (χ1v) is 8.99. The molecule has 2 N–H and O–H groups in total. The zero-order valence-electron chi connectivity index (χ0n) is 15.2. The van der Waals surface area contributed by atoms with E-state index in [9.17, 15) is 5.11 Å². The number of rotatable bonds is 5. The number of anilines is 2. The maximum Gasteiger partial charge on any atom is 0.227 e. The molecule has 0 spiro atoms. The van der Waals surface area contributed by atoms with Crippen molar-refractivity contribution < 1.29 is 5.11 Å². The Morgan fingerprint density at radius 2 is 2.26 bits per heavy atom. The molecule has 9 heteroatoms. The maximum atomic E-state index is 9.91. The number of hydrogen-bond donors (Lipinski definition) is 2. The Kier molecular flexibility index (Phi) is 4.93. The third-order valence-electron chi connectivity index (χ3n) is 4.64. The van der Waals surface area contributed by atoms with Crippen LogP contribution in [0.2, 0.25) is 0 Å². The second-order valence-electron chi connectivity index (χ2n) is 6.75. The Bertz CT molecular complexity index is 885. The van der Waals surface area contributed by atoms with Crippen molar-refractivity contribution in [2.45, 2.75) is 25.5 Å². The lowest BCUT2D eigenvalue weighted by Gasteiger charge is -2.31. The molecule has 0 aliphatic carbocycles. The number of hydrogen-bond acceptors (Lipinski definition) is 8. The molecule has 1 saturated heterocycles. The summed E-state index contributed by atoms with van der Waals surface area (Å²) in [5.41, 5.74) is 2.01. The van der Waals surface area contributed by atoms with Crippen LogP contribution in [0.1, 0.15) is 18.4 Å². The van der Waals surface area contributed by atoms with Gasteiger partial charge in [0.25, 0.3) is 0 Å². The number of aromatic nitrogens is 6. The summed E-state index contributed by atoms with van der Waals surface area (Å²) in [4.78, 5) is 13.2. The number of β-amino-alcohol motifs (C(OH)–C–C–N with tert-alkyl or cyclic N) is 1. The number of aromatic amines is 1. The molecule has 1 aliphatic heterocycles. The van der Waals surface area contributed by atoms with Gasteiger partial charge in [0.1, 0.15) is 5.82 Å². The number of H-pyrrole nitrogens is 1. The summed E-state index contributed by atoms with van der Waals surface area (Å²) in [6.07, 6.45) is 3.30. The largest absolute Gasteiger partial charge is 0.391 e. The Hall–Kier alpha value is -3.07. The average molecular weight is 366 g/mol. The van der Waals surface area contributed by atoms with Gasteiger partial charge in [-0.3, -0.25) is 0 Å². The number of aliphatic hydroxyl groups excluding tert-OH is 1. The molecule has 0 bridgehead atoms. The fourth-order valence-corrected chi connectivity index (χ4v) is 3.30. The van der Waals surface area contributed by atoms with Gasteiger partial charge in [0, 0.05) is 38.4 Å². The van der Waals surface area contributed by atoms with Crippen molar-refractivity contribution in [2.24, 2.45) is 0 Å². The second-order valence-corrected chi connectivity index (χ2v) is 6.75. The highest BCUT2D eigenvalue weighted by Gasteiger charge is 2.19. The number of benzene rings is 1. The van der Waals surface area contributed by atoms with Gasteiger partial charge in [0.15, 0.2) is 0 Å². The van der Waals surface area contributed by atoms with Crippen LogP contribution in [0.5, 0.6) is 0 Å². The molecule has 9 nitrogen and oxygen atoms in total. The number of piperidine rings is 1. The molecule has 0 saturated carbocycles. The number of tetrazole rings is 1. The monoisotopic (exact) mass is 366 g/mol. The average Bonchev–Trinajstić information content (AvgIpc) is 3.23. The third-order valence-corrected chi connectivity index (χ3v) is 4.64. The molecule has 4 rings (SSSR count). The highest BCUT2D eigenvalue weighted by molar-refractivity contribution is 5.55. The van der Waals surface area contributed by atoms with Gasteiger partial charge in [-0.1, -0.05) is 18.2 Å². The highest BCUT2D eigenvalue weighted by Crippen LogP contribution is 2.21. The lowest BCUT2D eigenvalue weighted by atomic mass is 10.1. The summed E-state index contributed by atoms with van der Waals surface area (Å²) in [5.74, 6) is 2.07. The van der Waals surface area contributed by atoms with Crippen LogP contribution in [0.25, 0.3) is 11.4 Å². The first-order chi connectivity index (χ1) is 13.2. The van der Waals surface area contributed by atoms with Crippen molar-refractivity contribution >= 4 is 11.8 Å². The van der Waals surface area contributed by atoms with Crippen molar-refractivity contribution in [3.8, 4) is 11.4 Å². The summed E-state index contributed by atoms with van der Waals surface area (Å²) in [6, 6.07) is 9.90. The number of nitrogens with one attached hydrogen (secondary N) is 1. The van der Waals surface area contributed by atoms with E-state index in [-0.39, 0.29) is 6.10 Å². The van der Waals surface area contributed by atoms with Gasteiger partial charge >= 0.3 is 0 Å². The summed E-state index contributed by atoms with van der Waals surface area (Å²) < 4.78 is 0. The molecule has 1 aliphatic rings. The van der Waals surface area contributed by atoms with Crippen molar-refractivity contribution in [1.82, 2.24) is 30.6 Å². The molecular formula is C18H22N8O.